The number of aromatic nitrogens is 2. The van der Waals surface area contributed by atoms with Crippen molar-refractivity contribution in [3.8, 4) is 11.3 Å². The van der Waals surface area contributed by atoms with Gasteiger partial charge in [0.15, 0.2) is 0 Å². The van der Waals surface area contributed by atoms with E-state index < -0.39 is 8.80 Å². The van der Waals surface area contributed by atoms with E-state index in [1.165, 1.54) is 16.0 Å². The van der Waals surface area contributed by atoms with E-state index in [0.717, 1.165) is 11.3 Å². The lowest BCUT2D eigenvalue weighted by atomic mass is 10.0. The largest absolute Gasteiger partial charge is 0.224 e. The zero-order chi connectivity index (χ0) is 15.0. The first-order valence-corrected chi connectivity index (χ1v) is 10.4. The highest BCUT2D eigenvalue weighted by molar-refractivity contribution is 6.74. The second-order valence-corrected chi connectivity index (χ2v) is 8.86. The van der Waals surface area contributed by atoms with Crippen LogP contribution in [0.1, 0.15) is 0 Å². The zero-order valence-electron chi connectivity index (χ0n) is 11.8. The average molecular weight is 333 g/mol. The molecule has 0 N–H and O–H groups in total. The maximum absolute atomic E-state index is 6.03. The van der Waals surface area contributed by atoms with E-state index in [9.17, 15) is 0 Å². The minimum atomic E-state index is -1.07. The summed E-state index contributed by atoms with van der Waals surface area (Å²) in [4.78, 5) is 8.27. The van der Waals surface area contributed by atoms with Crippen LogP contribution in [0.25, 0.3) is 22.0 Å². The minimum absolute atomic E-state index is 0.182. The highest BCUT2D eigenvalue weighted by atomic mass is 35.5. The molecule has 0 aliphatic carbocycles. The van der Waals surface area contributed by atoms with Gasteiger partial charge in [0.05, 0.1) is 14.5 Å². The van der Waals surface area contributed by atoms with Gasteiger partial charge < -0.3 is 0 Å². The number of hydrogen-bond acceptors (Lipinski definition) is 2. The third-order valence-electron chi connectivity index (χ3n) is 3.49. The van der Waals surface area contributed by atoms with E-state index >= 15 is 0 Å². The Labute approximate surface area is 135 Å². The van der Waals surface area contributed by atoms with Gasteiger partial charge in [-0.15, -0.1) is 0 Å². The molecule has 0 unspecified atom stereocenters. The summed E-state index contributed by atoms with van der Waals surface area (Å²) < 4.78 is 0. The van der Waals surface area contributed by atoms with Gasteiger partial charge in [0.25, 0.3) is 0 Å². The highest BCUT2D eigenvalue weighted by Crippen LogP contribution is 2.24. The predicted molar refractivity (Wildman–Crippen MR) is 93.5 cm³/mol. The third kappa shape index (κ3) is 2.82. The molecule has 5 heteroatoms. The first-order valence-electron chi connectivity index (χ1n) is 6.78. The Morgan fingerprint density at radius 2 is 1.71 bits per heavy atom. The summed E-state index contributed by atoms with van der Waals surface area (Å²) in [7, 11) is -1.07. The van der Waals surface area contributed by atoms with Crippen molar-refractivity contribution in [3.05, 3.63) is 52.9 Å². The van der Waals surface area contributed by atoms with Crippen LogP contribution in [0.15, 0.2) is 42.5 Å². The van der Waals surface area contributed by atoms with Gasteiger partial charge in [-0.05, 0) is 33.1 Å². The van der Waals surface area contributed by atoms with Crippen molar-refractivity contribution < 1.29 is 0 Å². The lowest BCUT2D eigenvalue weighted by Crippen LogP contribution is -2.26. The van der Waals surface area contributed by atoms with Gasteiger partial charge >= 0.3 is 0 Å². The maximum Gasteiger partial charge on any atom is 0.224 e. The third-order valence-corrected chi connectivity index (χ3v) is 5.63. The molecule has 0 spiro atoms. The number of rotatable bonds is 2. The Morgan fingerprint density at radius 3 is 2.43 bits per heavy atom. The smallest absolute Gasteiger partial charge is 0.218 e. The molecule has 1 aromatic heterocycles. The van der Waals surface area contributed by atoms with E-state index in [0.29, 0.717) is 5.15 Å². The molecule has 3 rings (SSSR count). The van der Waals surface area contributed by atoms with Gasteiger partial charge in [0.1, 0.15) is 5.15 Å². The lowest BCUT2D eigenvalue weighted by Gasteiger charge is -2.15. The first-order chi connectivity index (χ1) is 10.1. The van der Waals surface area contributed by atoms with Crippen LogP contribution in [0.2, 0.25) is 23.5 Å². The summed E-state index contributed by atoms with van der Waals surface area (Å²) in [5.41, 5.74) is 1.91. The fraction of sp³-hybridized carbons (Fsp3) is 0.125. The first kappa shape index (κ1) is 14.5. The van der Waals surface area contributed by atoms with E-state index in [-0.39, 0.29) is 5.28 Å². The molecule has 3 aromatic rings. The number of hydrogen-bond donors (Lipinski definition) is 0. The monoisotopic (exact) mass is 332 g/mol. The number of nitrogens with zero attached hydrogens (tertiary/aromatic N) is 2. The molecular formula is C16H14Cl2N2Si. The predicted octanol–water partition coefficient (Wildman–Crippen LogP) is 4.30. The van der Waals surface area contributed by atoms with E-state index in [1.807, 2.05) is 0 Å². The lowest BCUT2D eigenvalue weighted by molar-refractivity contribution is 1.17. The van der Waals surface area contributed by atoms with Crippen molar-refractivity contribution in [1.82, 2.24) is 9.97 Å². The summed E-state index contributed by atoms with van der Waals surface area (Å²) >= 11 is 12.0. The van der Waals surface area contributed by atoms with Crippen molar-refractivity contribution in [3.63, 3.8) is 0 Å². The molecule has 0 aliphatic heterocycles. The fourth-order valence-electron chi connectivity index (χ4n) is 2.67. The van der Waals surface area contributed by atoms with Crippen LogP contribution in [0.3, 0.4) is 0 Å². The normalized spacial score (nSPS) is 11.3. The molecule has 0 aliphatic rings. The van der Waals surface area contributed by atoms with Gasteiger partial charge in [-0.2, -0.15) is 0 Å². The molecular weight excluding hydrogens is 319 g/mol. The highest BCUT2D eigenvalue weighted by Gasteiger charge is 2.15. The second kappa shape index (κ2) is 5.76. The Morgan fingerprint density at radius 1 is 0.952 bits per heavy atom. The molecule has 1 heterocycles. The van der Waals surface area contributed by atoms with Crippen LogP contribution in [0.5, 0.6) is 0 Å². The van der Waals surface area contributed by atoms with Crippen molar-refractivity contribution >= 4 is 48.0 Å². The van der Waals surface area contributed by atoms with Gasteiger partial charge in [-0.25, -0.2) is 9.97 Å². The van der Waals surface area contributed by atoms with Crippen molar-refractivity contribution in [2.75, 3.05) is 0 Å². The van der Waals surface area contributed by atoms with Crippen molar-refractivity contribution in [2.24, 2.45) is 0 Å². The van der Waals surface area contributed by atoms with Gasteiger partial charge in [0.2, 0.25) is 5.28 Å². The summed E-state index contributed by atoms with van der Waals surface area (Å²) in [6, 6.07) is 14.5. The van der Waals surface area contributed by atoms with E-state index in [2.05, 4.69) is 59.5 Å². The second-order valence-electron chi connectivity index (χ2n) is 5.25. The van der Waals surface area contributed by atoms with Crippen LogP contribution >= 0.6 is 23.2 Å². The van der Waals surface area contributed by atoms with E-state index in [1.54, 1.807) is 6.07 Å². The molecule has 0 saturated carbocycles. The summed E-state index contributed by atoms with van der Waals surface area (Å²) in [6.07, 6.45) is 0. The molecule has 0 bridgehead atoms. The van der Waals surface area contributed by atoms with Gasteiger partial charge in [-0.1, -0.05) is 61.1 Å². The Hall–Kier alpha value is -1.42. The summed E-state index contributed by atoms with van der Waals surface area (Å²) in [5.74, 6) is 0. The van der Waals surface area contributed by atoms with Crippen LogP contribution < -0.4 is 5.19 Å². The van der Waals surface area contributed by atoms with Crippen molar-refractivity contribution in [2.45, 2.75) is 13.1 Å². The molecule has 2 nitrogen and oxygen atoms in total. The average Bonchev–Trinajstić information content (AvgIpc) is 2.44. The minimum Gasteiger partial charge on any atom is -0.218 e. The zero-order valence-corrected chi connectivity index (χ0v) is 14.4. The Kier molecular flexibility index (Phi) is 3.98. The van der Waals surface area contributed by atoms with Gasteiger partial charge in [-0.3, -0.25) is 0 Å². The molecule has 0 amide bonds. The molecule has 0 atom stereocenters. The fourth-order valence-corrected chi connectivity index (χ4v) is 4.83. The van der Waals surface area contributed by atoms with Crippen LogP contribution in [0, 0.1) is 0 Å². The quantitative estimate of drug-likeness (QED) is 0.397. The topological polar surface area (TPSA) is 25.8 Å². The van der Waals surface area contributed by atoms with Crippen LogP contribution in [0.4, 0.5) is 0 Å². The molecule has 21 heavy (non-hydrogen) atoms. The maximum atomic E-state index is 6.03. The van der Waals surface area contributed by atoms with E-state index in [4.69, 9.17) is 23.2 Å². The molecule has 106 valence electrons. The van der Waals surface area contributed by atoms with Crippen LogP contribution in [-0.2, 0) is 0 Å². The standard InChI is InChI=1S/C16H14Cl2N2Si/c1-21(2)15-11-6-4-3-5-10(11)7-8-12(15)13-9-14(17)20-16(18)19-13/h3-9,21H,1-2H3. The van der Waals surface area contributed by atoms with Gasteiger partial charge in [0, 0.05) is 6.07 Å². The summed E-state index contributed by atoms with van der Waals surface area (Å²) in [5, 5.41) is 4.49. The molecule has 0 fully saturated rings. The summed E-state index contributed by atoms with van der Waals surface area (Å²) in [6.45, 7) is 4.63. The number of fused-ring (bicyclic) bond motifs is 1. The molecule has 0 saturated heterocycles. The Bertz CT molecular complexity index is 798. The SMILES string of the molecule is C[SiH](C)c1c(-c2cc(Cl)nc(Cl)n2)ccc2ccccc12. The number of halogens is 2. The number of benzene rings is 2. The van der Waals surface area contributed by atoms with Crippen LogP contribution in [-0.4, -0.2) is 18.8 Å². The molecule has 2 aromatic carbocycles. The molecule has 0 radical (unpaired) electrons. The Balaban J connectivity index is 2.34. The van der Waals surface area contributed by atoms with Crippen molar-refractivity contribution in [1.29, 1.82) is 0 Å².